The maximum absolute atomic E-state index is 13.4. The van der Waals surface area contributed by atoms with Crippen molar-refractivity contribution in [2.45, 2.75) is 25.3 Å². The van der Waals surface area contributed by atoms with Gasteiger partial charge in [0.25, 0.3) is 0 Å². The number of carbonyl (C=O) groups is 5. The minimum absolute atomic E-state index is 0.0362. The summed E-state index contributed by atoms with van der Waals surface area (Å²) < 4.78 is 10.6. The van der Waals surface area contributed by atoms with Gasteiger partial charge in [0.1, 0.15) is 17.1 Å². The van der Waals surface area contributed by atoms with E-state index < -0.39 is 48.8 Å². The highest BCUT2D eigenvalue weighted by Gasteiger charge is 2.41. The van der Waals surface area contributed by atoms with Crippen molar-refractivity contribution >= 4 is 53.3 Å². The molecule has 1 saturated heterocycles. The van der Waals surface area contributed by atoms with Gasteiger partial charge in [-0.1, -0.05) is 0 Å². The normalized spacial score (nSPS) is 17.7. The number of fused-ring (bicyclic) bond motifs is 1. The van der Waals surface area contributed by atoms with Gasteiger partial charge < -0.3 is 40.8 Å². The predicted molar refractivity (Wildman–Crippen MR) is 136 cm³/mol. The Balaban J connectivity index is 1.55. The van der Waals surface area contributed by atoms with Crippen molar-refractivity contribution in [2.24, 2.45) is 0 Å². The fourth-order valence-corrected chi connectivity index (χ4v) is 4.82. The van der Waals surface area contributed by atoms with Gasteiger partial charge in [-0.25, -0.2) is 14.6 Å². The number of hydrogen-bond acceptors (Lipinski definition) is 11. The zero-order valence-electron chi connectivity index (χ0n) is 20.9. The molecule has 0 aliphatic carbocycles. The summed E-state index contributed by atoms with van der Waals surface area (Å²) in [6, 6.07) is 0.326. The van der Waals surface area contributed by atoms with Crippen LogP contribution >= 0.6 is 11.3 Å². The van der Waals surface area contributed by atoms with Crippen LogP contribution in [0.15, 0.2) is 17.5 Å². The van der Waals surface area contributed by atoms with Crippen molar-refractivity contribution < 1.29 is 43.5 Å². The Bertz CT molecular complexity index is 1340. The number of piperazine rings is 1. The quantitative estimate of drug-likeness (QED) is 0.205. The van der Waals surface area contributed by atoms with Crippen molar-refractivity contribution in [2.75, 3.05) is 32.5 Å². The summed E-state index contributed by atoms with van der Waals surface area (Å²) in [5, 5.41) is 26.6. The van der Waals surface area contributed by atoms with E-state index in [0.29, 0.717) is 17.0 Å². The molecule has 1 aromatic heterocycles. The number of carbonyl (C=O) groups excluding carboxylic acids is 4. The second-order valence-electron chi connectivity index (χ2n) is 8.63. The number of ether oxygens (including phenoxy) is 1. The molecular weight excluding hydrogens is 535 g/mol. The van der Waals surface area contributed by atoms with E-state index in [0.717, 1.165) is 11.3 Å². The Morgan fingerprint density at radius 1 is 1.31 bits per heavy atom. The summed E-state index contributed by atoms with van der Waals surface area (Å²) in [5.74, 6) is -4.88. The van der Waals surface area contributed by atoms with Crippen LogP contribution in [0.2, 0.25) is 0 Å². The van der Waals surface area contributed by atoms with Crippen LogP contribution in [-0.2, 0) is 20.8 Å². The van der Waals surface area contributed by atoms with Crippen molar-refractivity contribution in [3.05, 3.63) is 34.3 Å². The molecule has 206 valence electrons. The maximum Gasteiger partial charge on any atom is 0.547 e. The minimum atomic E-state index is -1.63. The lowest BCUT2D eigenvalue weighted by Gasteiger charge is -2.33. The predicted octanol–water partition coefficient (Wildman–Crippen LogP) is -0.987. The number of nitrogens with zero attached hydrogens (tertiary/aromatic N) is 3. The lowest BCUT2D eigenvalue weighted by molar-refractivity contribution is -0.153. The molecular formula is C22H25BN6O9S. The van der Waals surface area contributed by atoms with Gasteiger partial charge in [0.05, 0.1) is 18.7 Å². The molecule has 2 atom stereocenters. The molecule has 17 heteroatoms. The van der Waals surface area contributed by atoms with E-state index in [-0.39, 0.29) is 47.4 Å². The molecule has 4 rings (SSSR count). The Morgan fingerprint density at radius 3 is 2.67 bits per heavy atom. The van der Waals surface area contributed by atoms with E-state index >= 15 is 0 Å². The maximum atomic E-state index is 13.4. The minimum Gasteiger partial charge on any atom is -0.534 e. The molecule has 1 unspecified atom stereocenters. The van der Waals surface area contributed by atoms with E-state index in [1.54, 1.807) is 6.92 Å². The number of benzene rings is 1. The third-order valence-electron chi connectivity index (χ3n) is 6.26. The van der Waals surface area contributed by atoms with Crippen LogP contribution in [-0.4, -0.2) is 94.4 Å². The number of amides is 5. The summed E-state index contributed by atoms with van der Waals surface area (Å²) in [4.78, 5) is 68.8. The fraction of sp³-hybridized carbons (Fsp3) is 0.364. The number of nitrogens with two attached hydrogens (primary N) is 1. The van der Waals surface area contributed by atoms with Crippen molar-refractivity contribution in [3.63, 3.8) is 0 Å². The molecule has 1 aromatic carbocycles. The highest BCUT2D eigenvalue weighted by Crippen LogP contribution is 2.34. The molecule has 0 saturated carbocycles. The first-order chi connectivity index (χ1) is 18.5. The molecule has 0 radical (unpaired) electrons. The van der Waals surface area contributed by atoms with Crippen LogP contribution in [0, 0.1) is 0 Å². The van der Waals surface area contributed by atoms with Gasteiger partial charge in [-0.3, -0.25) is 19.3 Å². The molecule has 0 bridgehead atoms. The molecule has 5 amide bonds. The van der Waals surface area contributed by atoms with Gasteiger partial charge in [-0.2, -0.15) is 0 Å². The second-order valence-corrected chi connectivity index (χ2v) is 9.52. The smallest absolute Gasteiger partial charge is 0.534 e. The molecule has 2 aromatic rings. The number of imide groups is 1. The summed E-state index contributed by atoms with van der Waals surface area (Å²) in [7, 11) is -0.274. The van der Waals surface area contributed by atoms with Crippen LogP contribution in [0.25, 0.3) is 0 Å². The second kappa shape index (κ2) is 11.2. The first kappa shape index (κ1) is 27.7. The van der Waals surface area contributed by atoms with E-state index in [4.69, 9.17) is 15.1 Å². The van der Waals surface area contributed by atoms with E-state index in [9.17, 15) is 34.1 Å². The van der Waals surface area contributed by atoms with E-state index in [1.807, 2.05) is 0 Å². The topological polar surface area (TPSA) is 214 Å². The third kappa shape index (κ3) is 5.58. The first-order valence-corrected chi connectivity index (χ1v) is 12.6. The Hall–Kier alpha value is -4.38. The number of carboxylic acids is 1. The van der Waals surface area contributed by atoms with Crippen molar-refractivity contribution in [1.29, 1.82) is 0 Å². The van der Waals surface area contributed by atoms with Crippen LogP contribution in [0.5, 0.6) is 11.5 Å². The number of aromatic carboxylic acids is 1. The van der Waals surface area contributed by atoms with Crippen LogP contribution < -0.4 is 25.8 Å². The Kier molecular flexibility index (Phi) is 7.91. The Morgan fingerprint density at radius 2 is 2.05 bits per heavy atom. The number of aromatic nitrogens is 1. The zero-order chi connectivity index (χ0) is 28.4. The Labute approximate surface area is 226 Å². The van der Waals surface area contributed by atoms with Gasteiger partial charge in [0.15, 0.2) is 11.2 Å². The zero-order valence-corrected chi connectivity index (χ0v) is 21.7. The van der Waals surface area contributed by atoms with Gasteiger partial charge >= 0.3 is 30.9 Å². The lowest BCUT2D eigenvalue weighted by atomic mass is 9.72. The van der Waals surface area contributed by atoms with E-state index in [2.05, 4.69) is 15.6 Å². The highest BCUT2D eigenvalue weighted by molar-refractivity contribution is 7.13. The largest absolute Gasteiger partial charge is 0.547 e. The lowest BCUT2D eigenvalue weighted by Crippen LogP contribution is -2.60. The monoisotopic (exact) mass is 560 g/mol. The molecule has 39 heavy (non-hydrogen) atoms. The molecule has 6 N–H and O–H groups in total. The SMILES string of the molecule is CCN1CCN(C(=O)NC(C(=O)N[C@H]2Cc3cc(OC)cc(C(=O)O)c3OB2O)c2csc(N)n2)C(=O)C1=O. The first-order valence-electron chi connectivity index (χ1n) is 11.8. The number of hydrogen-bond donors (Lipinski definition) is 5. The standard InChI is InChI=1S/C22H25BN6O9S/c1-3-28-4-5-29(19(32)18(28)31)22(35)27-15(13-9-39-21(24)25-13)17(30)26-14-7-10-6-11(37-2)8-12(20(33)34)16(10)38-23(14)36/h6,8-9,14-15,36H,3-5,7H2,1-2H3,(H2,24,25)(H,26,30)(H,27,35)(H,33,34)/t14-,15?/m0/s1. The summed E-state index contributed by atoms with van der Waals surface area (Å²) in [5.41, 5.74) is 5.92. The number of carboxylic acid groups (broad SMARTS) is 1. The fourth-order valence-electron chi connectivity index (χ4n) is 4.23. The van der Waals surface area contributed by atoms with Crippen LogP contribution in [0.1, 0.15) is 34.6 Å². The van der Waals surface area contributed by atoms with E-state index in [1.165, 1.54) is 29.5 Å². The average molecular weight is 560 g/mol. The van der Waals surface area contributed by atoms with Crippen LogP contribution in [0.3, 0.4) is 0 Å². The number of rotatable bonds is 7. The van der Waals surface area contributed by atoms with Crippen molar-refractivity contribution in [3.8, 4) is 11.5 Å². The number of anilines is 1. The van der Waals surface area contributed by atoms with Gasteiger partial charge in [0.2, 0.25) is 5.91 Å². The summed E-state index contributed by atoms with van der Waals surface area (Å²) in [6.45, 7) is 2.07. The number of likely N-dealkylation sites (N-methyl/N-ethyl adjacent to an activating group) is 1. The third-order valence-corrected chi connectivity index (χ3v) is 6.95. The number of urea groups is 1. The molecule has 1 fully saturated rings. The summed E-state index contributed by atoms with van der Waals surface area (Å²) >= 11 is 1.01. The van der Waals surface area contributed by atoms with Gasteiger partial charge in [-0.15, -0.1) is 11.3 Å². The number of thiazole rings is 1. The summed E-state index contributed by atoms with van der Waals surface area (Å²) in [6.07, 6.45) is -0.0362. The van der Waals surface area contributed by atoms with Crippen molar-refractivity contribution in [1.82, 2.24) is 25.4 Å². The highest BCUT2D eigenvalue weighted by atomic mass is 32.1. The van der Waals surface area contributed by atoms with Crippen LogP contribution in [0.4, 0.5) is 9.93 Å². The molecule has 2 aliphatic rings. The number of methoxy groups -OCH3 is 1. The van der Waals surface area contributed by atoms with Gasteiger partial charge in [-0.05, 0) is 31.0 Å². The molecule has 3 heterocycles. The number of nitrogens with one attached hydrogen (secondary N) is 2. The number of nitrogen functional groups attached to an aromatic ring is 1. The molecule has 0 spiro atoms. The van der Waals surface area contributed by atoms with Gasteiger partial charge in [0, 0.05) is 25.0 Å². The average Bonchev–Trinajstić information content (AvgIpc) is 3.34. The molecule has 15 nitrogen and oxygen atoms in total. The molecule has 2 aliphatic heterocycles.